The Morgan fingerprint density at radius 3 is 2.57 bits per heavy atom. The predicted molar refractivity (Wildman–Crippen MR) is 94.3 cm³/mol. The number of rotatable bonds is 4. The summed E-state index contributed by atoms with van der Waals surface area (Å²) in [4.78, 5) is 23.9. The molecule has 1 aliphatic carbocycles. The molecule has 1 heterocycles. The van der Waals surface area contributed by atoms with E-state index < -0.39 is 17.9 Å². The second-order valence-electron chi connectivity index (χ2n) is 7.26. The Balaban J connectivity index is 1.73. The summed E-state index contributed by atoms with van der Waals surface area (Å²) in [6, 6.07) is 5.67. The Hall–Kier alpha value is -2.49. The molecule has 4 nitrogen and oxygen atoms in total. The molecule has 3 rings (SSSR count). The molecule has 2 fully saturated rings. The molecular weight excluding hydrogens is 373 g/mol. The van der Waals surface area contributed by atoms with Gasteiger partial charge < -0.3 is 9.47 Å². The van der Waals surface area contributed by atoms with Crippen LogP contribution in [0.3, 0.4) is 0 Å². The van der Waals surface area contributed by atoms with E-state index in [2.05, 4.69) is 16.6 Å². The molecule has 0 N–H and O–H groups in total. The summed E-state index contributed by atoms with van der Waals surface area (Å²) < 4.78 is 47.2. The van der Waals surface area contributed by atoms with Gasteiger partial charge in [0.15, 0.2) is 0 Å². The fourth-order valence-electron chi connectivity index (χ4n) is 4.09. The highest BCUT2D eigenvalue weighted by Crippen LogP contribution is 2.43. The average molecular weight is 394 g/mol. The summed E-state index contributed by atoms with van der Waals surface area (Å²) >= 11 is 0. The van der Waals surface area contributed by atoms with Gasteiger partial charge in [0.2, 0.25) is 0 Å². The summed E-state index contributed by atoms with van der Waals surface area (Å²) in [5, 5.41) is 0. The van der Waals surface area contributed by atoms with E-state index in [1.165, 1.54) is 18.2 Å². The van der Waals surface area contributed by atoms with Crippen molar-refractivity contribution < 1.29 is 32.2 Å². The minimum atomic E-state index is -4.79. The topological polar surface area (TPSA) is 52.6 Å². The normalized spacial score (nSPS) is 23.1. The molecule has 1 saturated carbocycles. The van der Waals surface area contributed by atoms with Gasteiger partial charge in [-0.1, -0.05) is 36.8 Å². The van der Waals surface area contributed by atoms with Crippen molar-refractivity contribution in [3.05, 3.63) is 29.8 Å². The van der Waals surface area contributed by atoms with Crippen molar-refractivity contribution in [1.82, 2.24) is 0 Å². The van der Waals surface area contributed by atoms with Gasteiger partial charge in [-0.05, 0) is 37.3 Å². The Labute approximate surface area is 161 Å². The zero-order valence-corrected chi connectivity index (χ0v) is 15.3. The zero-order valence-electron chi connectivity index (χ0n) is 15.3. The summed E-state index contributed by atoms with van der Waals surface area (Å²) in [5.74, 6) is 4.71. The van der Waals surface area contributed by atoms with Gasteiger partial charge in [-0.25, -0.2) is 0 Å². The van der Waals surface area contributed by atoms with Gasteiger partial charge in [0, 0.05) is 12.8 Å². The van der Waals surface area contributed by atoms with Crippen molar-refractivity contribution in [2.45, 2.75) is 63.3 Å². The third-order valence-corrected chi connectivity index (χ3v) is 5.26. The minimum Gasteiger partial charge on any atom is -0.458 e. The summed E-state index contributed by atoms with van der Waals surface area (Å²) in [7, 11) is 0. The number of hydrogen-bond acceptors (Lipinski definition) is 4. The monoisotopic (exact) mass is 394 g/mol. The van der Waals surface area contributed by atoms with Crippen molar-refractivity contribution in [3.8, 4) is 17.6 Å². The molecule has 150 valence electrons. The molecule has 1 aromatic carbocycles. The molecule has 0 bridgehead atoms. The highest BCUT2D eigenvalue weighted by molar-refractivity contribution is 5.98. The van der Waals surface area contributed by atoms with E-state index in [1.54, 1.807) is 6.07 Å². The van der Waals surface area contributed by atoms with E-state index in [1.807, 2.05) is 0 Å². The molecule has 7 heteroatoms. The number of esters is 1. The minimum absolute atomic E-state index is 0.125. The highest BCUT2D eigenvalue weighted by Gasteiger charge is 2.47. The van der Waals surface area contributed by atoms with Crippen LogP contribution in [-0.2, 0) is 14.3 Å². The van der Waals surface area contributed by atoms with Gasteiger partial charge in [-0.2, -0.15) is 0 Å². The van der Waals surface area contributed by atoms with Gasteiger partial charge in [-0.15, -0.1) is 13.2 Å². The first-order valence-electron chi connectivity index (χ1n) is 9.35. The largest absolute Gasteiger partial charge is 0.573 e. The fraction of sp³-hybridized carbons (Fsp3) is 0.524. The fourth-order valence-corrected chi connectivity index (χ4v) is 4.09. The number of Topliss-reactive ketones (excluding diaryl/α,β-unsaturated/α-hetero) is 1. The van der Waals surface area contributed by atoms with Crippen LogP contribution in [0.1, 0.15) is 56.9 Å². The molecule has 0 spiro atoms. The van der Waals surface area contributed by atoms with Crippen LogP contribution < -0.4 is 4.74 Å². The quantitative estimate of drug-likeness (QED) is 0.427. The summed E-state index contributed by atoms with van der Waals surface area (Å²) in [5.41, 5.74) is -0.703. The lowest BCUT2D eigenvalue weighted by Gasteiger charge is -2.40. The first-order chi connectivity index (χ1) is 13.3. The van der Waals surface area contributed by atoms with Crippen molar-refractivity contribution in [1.29, 1.82) is 0 Å². The van der Waals surface area contributed by atoms with Gasteiger partial charge in [0.1, 0.15) is 23.6 Å². The second-order valence-corrected chi connectivity index (χ2v) is 7.26. The zero-order chi connectivity index (χ0) is 20.2. The number of cyclic esters (lactones) is 1. The first-order valence-corrected chi connectivity index (χ1v) is 9.35. The average Bonchev–Trinajstić information content (AvgIpc) is 3.13. The third-order valence-electron chi connectivity index (χ3n) is 5.26. The SMILES string of the molecule is O=C1CC(=O)OC(CCC#Cc2ccccc2OC(F)(F)F)(C2CCCC2)C1. The van der Waals surface area contributed by atoms with Crippen LogP contribution in [0.4, 0.5) is 13.2 Å². The lowest BCUT2D eigenvalue weighted by molar-refractivity contribution is -0.274. The molecule has 1 saturated heterocycles. The number of ketones is 1. The number of hydrogen-bond donors (Lipinski definition) is 0. The maximum absolute atomic E-state index is 12.5. The maximum Gasteiger partial charge on any atom is 0.573 e. The van der Waals surface area contributed by atoms with Crippen molar-refractivity contribution in [3.63, 3.8) is 0 Å². The molecule has 1 atom stereocenters. The smallest absolute Gasteiger partial charge is 0.458 e. The molecule has 28 heavy (non-hydrogen) atoms. The highest BCUT2D eigenvalue weighted by atomic mass is 19.4. The molecule has 1 unspecified atom stereocenters. The Morgan fingerprint density at radius 2 is 1.89 bits per heavy atom. The van der Waals surface area contributed by atoms with Crippen LogP contribution in [0.2, 0.25) is 0 Å². The summed E-state index contributed by atoms with van der Waals surface area (Å²) in [6.07, 6.45) is -0.228. The summed E-state index contributed by atoms with van der Waals surface area (Å²) in [6.45, 7) is 0. The van der Waals surface area contributed by atoms with Crippen molar-refractivity contribution in [2.75, 3.05) is 0 Å². The van der Waals surface area contributed by atoms with Crippen LogP contribution in [0.15, 0.2) is 24.3 Å². The van der Waals surface area contributed by atoms with Crippen LogP contribution in [0, 0.1) is 17.8 Å². The van der Waals surface area contributed by atoms with Crippen LogP contribution in [-0.4, -0.2) is 23.7 Å². The molecule has 1 aliphatic heterocycles. The molecule has 0 radical (unpaired) electrons. The third kappa shape index (κ3) is 5.06. The van der Waals surface area contributed by atoms with Gasteiger partial charge >= 0.3 is 12.3 Å². The molecule has 0 aromatic heterocycles. The van der Waals surface area contributed by atoms with E-state index in [0.29, 0.717) is 12.8 Å². The maximum atomic E-state index is 12.5. The number of halogens is 3. The predicted octanol–water partition coefficient (Wildman–Crippen LogP) is 4.55. The van der Waals surface area contributed by atoms with E-state index >= 15 is 0 Å². The molecule has 2 aliphatic rings. The second kappa shape index (κ2) is 8.26. The molecule has 0 amide bonds. The number of ether oxygens (including phenoxy) is 2. The standard InChI is InChI=1S/C21H21F3O4/c22-21(23,24)27-18-11-4-1-7-15(18)8-5-6-12-20(16-9-2-3-10-16)14-17(25)13-19(26)28-20/h1,4,7,11,16H,2-3,6,9-10,12-14H2. The number of alkyl halides is 3. The van der Waals surface area contributed by atoms with E-state index in [9.17, 15) is 22.8 Å². The molecular formula is C21H21F3O4. The Bertz CT molecular complexity index is 782. The Kier molecular flexibility index (Phi) is 5.97. The van der Waals surface area contributed by atoms with Gasteiger partial charge in [0.25, 0.3) is 0 Å². The van der Waals surface area contributed by atoms with Crippen LogP contribution >= 0.6 is 0 Å². The lowest BCUT2D eigenvalue weighted by atomic mass is 9.76. The van der Waals surface area contributed by atoms with Gasteiger partial charge in [0.05, 0.1) is 5.56 Å². The van der Waals surface area contributed by atoms with E-state index in [4.69, 9.17) is 4.74 Å². The number of carbonyl (C=O) groups is 2. The van der Waals surface area contributed by atoms with Crippen molar-refractivity contribution >= 4 is 11.8 Å². The first kappa shape index (κ1) is 20.2. The van der Waals surface area contributed by atoms with Gasteiger partial charge in [-0.3, -0.25) is 9.59 Å². The molecule has 1 aromatic rings. The van der Waals surface area contributed by atoms with Crippen LogP contribution in [0.5, 0.6) is 5.75 Å². The van der Waals surface area contributed by atoms with E-state index in [0.717, 1.165) is 25.7 Å². The van der Waals surface area contributed by atoms with Crippen LogP contribution in [0.25, 0.3) is 0 Å². The number of carbonyl (C=O) groups excluding carboxylic acids is 2. The number of para-hydroxylation sites is 1. The van der Waals surface area contributed by atoms with E-state index in [-0.39, 0.29) is 35.9 Å². The lowest BCUT2D eigenvalue weighted by Crippen LogP contribution is -2.47. The Morgan fingerprint density at radius 1 is 1.18 bits per heavy atom. The van der Waals surface area contributed by atoms with Crippen molar-refractivity contribution in [2.24, 2.45) is 5.92 Å². The number of benzene rings is 1.